The van der Waals surface area contributed by atoms with Crippen LogP contribution in [0.3, 0.4) is 0 Å². The normalized spacial score (nSPS) is 30.6. The molecular formula is C16H26OSi. The summed E-state index contributed by atoms with van der Waals surface area (Å²) in [6, 6.07) is 0. The number of Topliss-reactive ketones (excluding diaryl/α,β-unsaturated/α-hetero) is 1. The second-order valence-corrected chi connectivity index (χ2v) is 12.7. The second-order valence-electron chi connectivity index (χ2n) is 7.70. The maximum absolute atomic E-state index is 12.6. The molecule has 2 bridgehead atoms. The smallest absolute Gasteiger partial charge is 0.184 e. The first-order valence-electron chi connectivity index (χ1n) is 7.09. The van der Waals surface area contributed by atoms with Crippen LogP contribution in [0.15, 0.2) is 22.9 Å². The number of carbonyl (C=O) groups excluding carboxylic acids is 1. The Labute approximate surface area is 112 Å². The molecule has 1 fully saturated rings. The molecular weight excluding hydrogens is 236 g/mol. The lowest BCUT2D eigenvalue weighted by Crippen LogP contribution is -2.23. The highest BCUT2D eigenvalue weighted by atomic mass is 28.3. The highest BCUT2D eigenvalue weighted by Gasteiger charge is 2.50. The number of allylic oxidation sites excluding steroid dienone is 3. The Balaban J connectivity index is 2.23. The molecule has 0 aromatic heterocycles. The first kappa shape index (κ1) is 13.8. The largest absolute Gasteiger partial charge is 0.289 e. The lowest BCUT2D eigenvalue weighted by Gasteiger charge is -2.25. The first-order valence-corrected chi connectivity index (χ1v) is 10.7. The van der Waals surface area contributed by atoms with Gasteiger partial charge in [0.2, 0.25) is 0 Å². The van der Waals surface area contributed by atoms with Gasteiger partial charge in [-0.15, -0.1) is 0 Å². The zero-order valence-corrected chi connectivity index (χ0v) is 13.6. The molecule has 0 radical (unpaired) electrons. The summed E-state index contributed by atoms with van der Waals surface area (Å²) in [7, 11) is -1.30. The maximum Gasteiger partial charge on any atom is 0.184 e. The molecule has 2 rings (SSSR count). The van der Waals surface area contributed by atoms with Crippen LogP contribution < -0.4 is 0 Å². The molecule has 2 aliphatic rings. The zero-order chi connectivity index (χ0) is 13.7. The highest BCUT2D eigenvalue weighted by molar-refractivity contribution is 6.81. The number of rotatable bonds is 3. The molecule has 2 heteroatoms. The van der Waals surface area contributed by atoms with Gasteiger partial charge in [0.05, 0.1) is 8.07 Å². The van der Waals surface area contributed by atoms with Crippen molar-refractivity contribution >= 4 is 13.9 Å². The Bertz CT molecular complexity index is 435. The molecule has 100 valence electrons. The summed E-state index contributed by atoms with van der Waals surface area (Å²) >= 11 is 0. The van der Waals surface area contributed by atoms with Gasteiger partial charge in [-0.3, -0.25) is 4.79 Å². The van der Waals surface area contributed by atoms with E-state index in [1.165, 1.54) is 12.8 Å². The summed E-state index contributed by atoms with van der Waals surface area (Å²) in [5.41, 5.74) is 4.64. The Kier molecular flexibility index (Phi) is 3.21. The van der Waals surface area contributed by atoms with Gasteiger partial charge in [-0.25, -0.2) is 0 Å². The van der Waals surface area contributed by atoms with Crippen LogP contribution in [0, 0.1) is 17.3 Å². The number of hydrogen-bond donors (Lipinski definition) is 0. The molecule has 1 nitrogen and oxygen atoms in total. The van der Waals surface area contributed by atoms with Gasteiger partial charge in [0, 0.05) is 0 Å². The van der Waals surface area contributed by atoms with Gasteiger partial charge >= 0.3 is 0 Å². The Morgan fingerprint density at radius 3 is 2.33 bits per heavy atom. The second kappa shape index (κ2) is 4.19. The number of ketones is 1. The van der Waals surface area contributed by atoms with Crippen LogP contribution in [-0.2, 0) is 4.79 Å². The molecule has 0 aromatic rings. The minimum absolute atomic E-state index is 0.310. The van der Waals surface area contributed by atoms with Crippen molar-refractivity contribution in [2.75, 3.05) is 0 Å². The molecule has 2 aliphatic carbocycles. The van der Waals surface area contributed by atoms with E-state index in [1.54, 1.807) is 0 Å². The predicted molar refractivity (Wildman–Crippen MR) is 80.2 cm³/mol. The van der Waals surface area contributed by atoms with Crippen LogP contribution >= 0.6 is 0 Å². The molecule has 0 aromatic carbocycles. The topological polar surface area (TPSA) is 17.1 Å². The summed E-state index contributed by atoms with van der Waals surface area (Å²) in [5.74, 6) is 1.44. The molecule has 1 saturated carbocycles. The van der Waals surface area contributed by atoms with Crippen molar-refractivity contribution in [3.8, 4) is 0 Å². The van der Waals surface area contributed by atoms with Crippen molar-refractivity contribution in [2.45, 2.75) is 53.3 Å². The quantitative estimate of drug-likeness (QED) is 0.545. The van der Waals surface area contributed by atoms with Gasteiger partial charge in [-0.05, 0) is 48.2 Å². The molecule has 0 aliphatic heterocycles. The van der Waals surface area contributed by atoms with Crippen molar-refractivity contribution in [3.63, 3.8) is 0 Å². The molecule has 0 amide bonds. The summed E-state index contributed by atoms with van der Waals surface area (Å²) in [5, 5.41) is 0. The van der Waals surface area contributed by atoms with Crippen molar-refractivity contribution in [2.24, 2.45) is 17.3 Å². The first-order chi connectivity index (χ1) is 8.13. The van der Waals surface area contributed by atoms with E-state index >= 15 is 0 Å². The molecule has 0 spiro atoms. The third kappa shape index (κ3) is 2.27. The van der Waals surface area contributed by atoms with E-state index in [1.807, 2.05) is 6.92 Å². The number of carbonyl (C=O) groups is 1. The Morgan fingerprint density at radius 1 is 1.33 bits per heavy atom. The van der Waals surface area contributed by atoms with E-state index in [4.69, 9.17) is 0 Å². The molecule has 0 N–H and O–H groups in total. The van der Waals surface area contributed by atoms with Crippen molar-refractivity contribution in [3.05, 3.63) is 22.9 Å². The minimum Gasteiger partial charge on any atom is -0.289 e. The van der Waals surface area contributed by atoms with Crippen molar-refractivity contribution < 1.29 is 4.79 Å². The van der Waals surface area contributed by atoms with E-state index in [0.717, 1.165) is 11.1 Å². The van der Waals surface area contributed by atoms with Crippen LogP contribution in [0.2, 0.25) is 19.6 Å². The third-order valence-electron chi connectivity index (χ3n) is 4.65. The summed E-state index contributed by atoms with van der Waals surface area (Å²) in [6.45, 7) is 13.5. The van der Waals surface area contributed by atoms with E-state index in [2.05, 4.69) is 45.3 Å². The maximum atomic E-state index is 12.6. The van der Waals surface area contributed by atoms with E-state index in [0.29, 0.717) is 23.0 Å². The predicted octanol–water partition coefficient (Wildman–Crippen LogP) is 4.37. The Morgan fingerprint density at radius 2 is 1.94 bits per heavy atom. The van der Waals surface area contributed by atoms with E-state index in [-0.39, 0.29) is 0 Å². The van der Waals surface area contributed by atoms with Crippen LogP contribution in [-0.4, -0.2) is 13.9 Å². The Hall–Kier alpha value is -0.633. The van der Waals surface area contributed by atoms with Gasteiger partial charge in [-0.2, -0.15) is 0 Å². The summed E-state index contributed by atoms with van der Waals surface area (Å²) in [4.78, 5) is 12.6. The van der Waals surface area contributed by atoms with Crippen LogP contribution in [0.1, 0.15) is 33.6 Å². The molecule has 0 saturated heterocycles. The highest BCUT2D eigenvalue weighted by Crippen LogP contribution is 2.57. The molecule has 0 unspecified atom stereocenters. The van der Waals surface area contributed by atoms with Crippen molar-refractivity contribution in [1.29, 1.82) is 0 Å². The fraction of sp³-hybridized carbons (Fsp3) is 0.688. The fourth-order valence-electron chi connectivity index (χ4n) is 3.71. The van der Waals surface area contributed by atoms with Crippen molar-refractivity contribution in [1.82, 2.24) is 0 Å². The van der Waals surface area contributed by atoms with Gasteiger partial charge in [0.25, 0.3) is 0 Å². The van der Waals surface area contributed by atoms with Gasteiger partial charge < -0.3 is 0 Å². The molecule has 18 heavy (non-hydrogen) atoms. The number of fused-ring (bicyclic) bond motifs is 2. The monoisotopic (exact) mass is 262 g/mol. The lowest BCUT2D eigenvalue weighted by molar-refractivity contribution is -0.112. The van der Waals surface area contributed by atoms with Gasteiger partial charge in [-0.1, -0.05) is 45.3 Å². The molecule has 2 atom stereocenters. The van der Waals surface area contributed by atoms with Crippen LogP contribution in [0.5, 0.6) is 0 Å². The summed E-state index contributed by atoms with van der Waals surface area (Å²) < 4.78 is 0. The van der Waals surface area contributed by atoms with Crippen LogP contribution in [0.25, 0.3) is 0 Å². The third-order valence-corrected chi connectivity index (χ3v) is 5.95. The SMILES string of the molecule is C/C(=C\[Si](C)(C)C)C(=O)C1=C[C@H]2CC[C@@H]1C2(C)C. The minimum atomic E-state index is -1.30. The summed E-state index contributed by atoms with van der Waals surface area (Å²) in [6.07, 6.45) is 4.75. The van der Waals surface area contributed by atoms with Crippen LogP contribution in [0.4, 0.5) is 0 Å². The fourth-order valence-corrected chi connectivity index (χ4v) is 5.14. The van der Waals surface area contributed by atoms with Gasteiger partial charge in [0.15, 0.2) is 5.78 Å². The number of hydrogen-bond acceptors (Lipinski definition) is 1. The average molecular weight is 262 g/mol. The zero-order valence-electron chi connectivity index (χ0n) is 12.6. The van der Waals surface area contributed by atoms with E-state index in [9.17, 15) is 4.79 Å². The molecule has 0 heterocycles. The lowest BCUT2D eigenvalue weighted by atomic mass is 9.78. The van der Waals surface area contributed by atoms with Gasteiger partial charge in [0.1, 0.15) is 0 Å². The average Bonchev–Trinajstić information content (AvgIpc) is 2.64. The van der Waals surface area contributed by atoms with E-state index < -0.39 is 8.07 Å². The standard InChI is InChI=1S/C16H26OSi/c1-11(10-18(4,5)6)15(17)13-9-12-7-8-14(13)16(12,2)3/h9-10,12,14H,7-8H2,1-6H3/b11-10+/t12-,14+/m1/s1.